The standard InChI is InChI=1S/C27H27N/c1-3-7-20(8-4-1)17-21-11-13-23(14-12-21)27(22-9-5-2-6-10-22)28-26-16-15-24-18-25(24)19-26/h1-5,7,9,11-16,19-20,24-25H,6,8,10,17-18H2. The van der Waals surface area contributed by atoms with Gasteiger partial charge >= 0.3 is 0 Å². The maximum absolute atomic E-state index is 5.12. The quantitative estimate of drug-likeness (QED) is 0.527. The molecule has 0 aromatic heterocycles. The van der Waals surface area contributed by atoms with E-state index < -0.39 is 0 Å². The third kappa shape index (κ3) is 3.94. The fourth-order valence-corrected chi connectivity index (χ4v) is 4.36. The van der Waals surface area contributed by atoms with E-state index >= 15 is 0 Å². The van der Waals surface area contributed by atoms with Crippen molar-refractivity contribution in [3.63, 3.8) is 0 Å². The van der Waals surface area contributed by atoms with Crippen molar-refractivity contribution in [3.8, 4) is 0 Å². The molecule has 0 N–H and O–H groups in total. The largest absolute Gasteiger partial charge is 0.248 e. The lowest BCUT2D eigenvalue weighted by Crippen LogP contribution is -2.08. The van der Waals surface area contributed by atoms with E-state index in [1.54, 1.807) is 0 Å². The van der Waals surface area contributed by atoms with Gasteiger partial charge in [0.15, 0.2) is 0 Å². The number of allylic oxidation sites excluding steroid dienone is 11. The van der Waals surface area contributed by atoms with Crippen molar-refractivity contribution in [1.82, 2.24) is 0 Å². The highest BCUT2D eigenvalue weighted by Crippen LogP contribution is 2.44. The highest BCUT2D eigenvalue weighted by molar-refractivity contribution is 6.13. The van der Waals surface area contributed by atoms with Crippen LogP contribution in [0.15, 0.2) is 101 Å². The second-order valence-corrected chi connectivity index (χ2v) is 8.34. The molecule has 0 saturated heterocycles. The van der Waals surface area contributed by atoms with Gasteiger partial charge in [0.05, 0.1) is 11.4 Å². The van der Waals surface area contributed by atoms with E-state index in [1.807, 2.05) is 0 Å². The molecular formula is C27H27N. The molecule has 1 aromatic carbocycles. The number of fused-ring (bicyclic) bond motifs is 1. The molecule has 1 fully saturated rings. The van der Waals surface area contributed by atoms with E-state index in [2.05, 4.69) is 85.0 Å². The summed E-state index contributed by atoms with van der Waals surface area (Å²) in [7, 11) is 0. The summed E-state index contributed by atoms with van der Waals surface area (Å²) in [5.41, 5.74) is 6.27. The zero-order valence-corrected chi connectivity index (χ0v) is 16.3. The summed E-state index contributed by atoms with van der Waals surface area (Å²) in [5, 5.41) is 0. The van der Waals surface area contributed by atoms with Crippen LogP contribution >= 0.6 is 0 Å². The van der Waals surface area contributed by atoms with Crippen molar-refractivity contribution < 1.29 is 0 Å². The van der Waals surface area contributed by atoms with E-state index in [-0.39, 0.29) is 0 Å². The number of hydrogen-bond donors (Lipinski definition) is 0. The maximum atomic E-state index is 5.12. The van der Waals surface area contributed by atoms with Gasteiger partial charge in [-0.1, -0.05) is 78.9 Å². The molecule has 1 saturated carbocycles. The van der Waals surface area contributed by atoms with Gasteiger partial charge < -0.3 is 0 Å². The van der Waals surface area contributed by atoms with Crippen LogP contribution in [0, 0.1) is 17.8 Å². The van der Waals surface area contributed by atoms with Crippen LogP contribution in [0.2, 0.25) is 0 Å². The number of benzene rings is 1. The first-order valence-electron chi connectivity index (χ1n) is 10.6. The minimum Gasteiger partial charge on any atom is -0.248 e. The van der Waals surface area contributed by atoms with Gasteiger partial charge in [0.1, 0.15) is 0 Å². The van der Waals surface area contributed by atoms with E-state index in [0.29, 0.717) is 5.92 Å². The molecule has 0 heterocycles. The van der Waals surface area contributed by atoms with Crippen LogP contribution in [-0.4, -0.2) is 5.71 Å². The number of hydrogen-bond acceptors (Lipinski definition) is 1. The molecule has 4 aliphatic carbocycles. The molecule has 1 nitrogen and oxygen atoms in total. The number of rotatable bonds is 5. The van der Waals surface area contributed by atoms with Crippen molar-refractivity contribution in [3.05, 3.63) is 107 Å². The smallest absolute Gasteiger partial charge is 0.0741 e. The van der Waals surface area contributed by atoms with Crippen molar-refractivity contribution in [2.24, 2.45) is 22.7 Å². The molecule has 0 amide bonds. The highest BCUT2D eigenvalue weighted by atomic mass is 14.8. The van der Waals surface area contributed by atoms with Crippen molar-refractivity contribution in [2.45, 2.75) is 32.1 Å². The van der Waals surface area contributed by atoms with E-state index in [9.17, 15) is 0 Å². The Kier molecular flexibility index (Phi) is 4.83. The van der Waals surface area contributed by atoms with Crippen LogP contribution in [0.25, 0.3) is 0 Å². The molecule has 3 atom stereocenters. The summed E-state index contributed by atoms with van der Waals surface area (Å²) in [5.74, 6) is 2.13. The van der Waals surface area contributed by atoms with Crippen LogP contribution in [0.1, 0.15) is 36.8 Å². The van der Waals surface area contributed by atoms with Gasteiger partial charge in [0.25, 0.3) is 0 Å². The van der Waals surface area contributed by atoms with Crippen LogP contribution in [0.3, 0.4) is 0 Å². The van der Waals surface area contributed by atoms with Crippen molar-refractivity contribution in [1.29, 1.82) is 0 Å². The zero-order chi connectivity index (χ0) is 18.8. The normalized spacial score (nSPS) is 28.0. The minimum atomic E-state index is 0.624. The van der Waals surface area contributed by atoms with Crippen LogP contribution in [0.5, 0.6) is 0 Å². The molecular weight excluding hydrogens is 338 g/mol. The molecule has 0 aliphatic heterocycles. The Hall–Kier alpha value is -2.67. The summed E-state index contributed by atoms with van der Waals surface area (Å²) in [6.45, 7) is 0. The first kappa shape index (κ1) is 17.4. The first-order valence-corrected chi connectivity index (χ1v) is 10.6. The fraction of sp³-hybridized carbons (Fsp3) is 0.296. The number of nitrogens with zero attached hydrogens (tertiary/aromatic N) is 1. The van der Waals surface area contributed by atoms with Gasteiger partial charge in [-0.15, -0.1) is 0 Å². The summed E-state index contributed by atoms with van der Waals surface area (Å²) < 4.78 is 0. The van der Waals surface area contributed by atoms with Gasteiger partial charge in [0.2, 0.25) is 0 Å². The monoisotopic (exact) mass is 365 g/mol. The maximum Gasteiger partial charge on any atom is 0.0741 e. The van der Waals surface area contributed by atoms with Gasteiger partial charge in [-0.3, -0.25) is 0 Å². The Bertz CT molecular complexity index is 946. The Morgan fingerprint density at radius 1 is 0.964 bits per heavy atom. The Balaban J connectivity index is 1.41. The zero-order valence-electron chi connectivity index (χ0n) is 16.3. The highest BCUT2D eigenvalue weighted by Gasteiger charge is 2.35. The molecule has 140 valence electrons. The first-order chi connectivity index (χ1) is 13.8. The minimum absolute atomic E-state index is 0.624. The molecule has 3 unspecified atom stereocenters. The van der Waals surface area contributed by atoms with Crippen molar-refractivity contribution in [2.75, 3.05) is 0 Å². The summed E-state index contributed by atoms with van der Waals surface area (Å²) in [4.78, 5) is 5.12. The second-order valence-electron chi connectivity index (χ2n) is 8.34. The summed E-state index contributed by atoms with van der Waals surface area (Å²) >= 11 is 0. The van der Waals surface area contributed by atoms with Gasteiger partial charge in [-0.2, -0.15) is 0 Å². The summed E-state index contributed by atoms with van der Waals surface area (Å²) in [6, 6.07) is 9.11. The van der Waals surface area contributed by atoms with E-state index in [0.717, 1.165) is 48.9 Å². The summed E-state index contributed by atoms with van der Waals surface area (Å²) in [6.07, 6.45) is 28.2. The SMILES string of the molecule is C1=CCCC(C(=NC2=CC3CC3C=C2)c2ccc(CC3C=CC=CC3)cc2)=C1. The second kappa shape index (κ2) is 7.75. The fourth-order valence-electron chi connectivity index (χ4n) is 4.36. The Labute approximate surface area is 168 Å². The predicted octanol–water partition coefficient (Wildman–Crippen LogP) is 6.52. The average Bonchev–Trinajstić information content (AvgIpc) is 3.53. The van der Waals surface area contributed by atoms with E-state index in [1.165, 1.54) is 23.1 Å². The Morgan fingerprint density at radius 3 is 2.64 bits per heavy atom. The van der Waals surface area contributed by atoms with Crippen LogP contribution < -0.4 is 0 Å². The number of aliphatic imine (C=N–C) groups is 1. The third-order valence-electron chi connectivity index (χ3n) is 6.14. The lowest BCUT2D eigenvalue weighted by Gasteiger charge is -2.16. The molecule has 0 bridgehead atoms. The Morgan fingerprint density at radius 2 is 1.89 bits per heavy atom. The molecule has 28 heavy (non-hydrogen) atoms. The molecule has 0 radical (unpaired) electrons. The lowest BCUT2D eigenvalue weighted by molar-refractivity contribution is 0.653. The van der Waals surface area contributed by atoms with Gasteiger partial charge in [-0.05, 0) is 67.1 Å². The van der Waals surface area contributed by atoms with Gasteiger partial charge in [-0.25, -0.2) is 4.99 Å². The molecule has 4 aliphatic rings. The topological polar surface area (TPSA) is 12.4 Å². The van der Waals surface area contributed by atoms with E-state index in [4.69, 9.17) is 4.99 Å². The molecule has 5 rings (SSSR count). The average molecular weight is 366 g/mol. The lowest BCUT2D eigenvalue weighted by atomic mass is 9.91. The van der Waals surface area contributed by atoms with Crippen LogP contribution in [0.4, 0.5) is 0 Å². The van der Waals surface area contributed by atoms with Crippen LogP contribution in [-0.2, 0) is 6.42 Å². The predicted molar refractivity (Wildman–Crippen MR) is 118 cm³/mol. The van der Waals surface area contributed by atoms with Crippen molar-refractivity contribution >= 4 is 5.71 Å². The third-order valence-corrected chi connectivity index (χ3v) is 6.14. The molecule has 1 heteroatoms. The molecule has 0 spiro atoms. The molecule has 1 aromatic rings. The van der Waals surface area contributed by atoms with Gasteiger partial charge in [0, 0.05) is 5.56 Å².